The Morgan fingerprint density at radius 3 is 3.11 bits per heavy atom. The average molecular weight is 249 g/mol. The van der Waals surface area contributed by atoms with Crippen LogP contribution < -0.4 is 10.6 Å². The van der Waals surface area contributed by atoms with Crippen molar-refractivity contribution in [3.8, 4) is 0 Å². The molecule has 0 aromatic carbocycles. The van der Waals surface area contributed by atoms with Gasteiger partial charge in [0.05, 0.1) is 12.0 Å². The lowest BCUT2D eigenvalue weighted by Gasteiger charge is -2.32. The Bertz CT molecular complexity index is 434. The van der Waals surface area contributed by atoms with E-state index >= 15 is 0 Å². The molecule has 1 unspecified atom stereocenters. The molecule has 5 nitrogen and oxygen atoms in total. The van der Waals surface area contributed by atoms with Gasteiger partial charge in [0.25, 0.3) is 0 Å². The van der Waals surface area contributed by atoms with E-state index in [0.29, 0.717) is 6.54 Å². The van der Waals surface area contributed by atoms with E-state index in [-0.39, 0.29) is 11.8 Å². The Morgan fingerprint density at radius 2 is 2.44 bits per heavy atom. The van der Waals surface area contributed by atoms with Crippen molar-refractivity contribution in [3.63, 3.8) is 0 Å². The Hall–Kier alpha value is -1.62. The van der Waals surface area contributed by atoms with Crippen molar-refractivity contribution in [1.29, 1.82) is 0 Å². The van der Waals surface area contributed by atoms with Crippen LogP contribution in [0.15, 0.2) is 18.3 Å². The van der Waals surface area contributed by atoms with Gasteiger partial charge in [-0.05, 0) is 37.5 Å². The molecule has 1 aliphatic rings. The summed E-state index contributed by atoms with van der Waals surface area (Å²) in [4.78, 5) is 17.6. The van der Waals surface area contributed by atoms with Gasteiger partial charge in [-0.2, -0.15) is 0 Å². The van der Waals surface area contributed by atoms with E-state index in [0.717, 1.165) is 30.8 Å². The zero-order chi connectivity index (χ0) is 13.1. The van der Waals surface area contributed by atoms with Crippen molar-refractivity contribution in [2.45, 2.75) is 25.9 Å². The average Bonchev–Trinajstić information content (AvgIpc) is 2.39. The van der Waals surface area contributed by atoms with E-state index in [1.54, 1.807) is 19.2 Å². The number of aromatic nitrogens is 1. The Balaban J connectivity index is 2.15. The van der Waals surface area contributed by atoms with Crippen LogP contribution in [0, 0.1) is 5.92 Å². The highest BCUT2D eigenvalue weighted by molar-refractivity contribution is 5.77. The lowest BCUT2D eigenvalue weighted by molar-refractivity contribution is -0.122. The first-order chi connectivity index (χ1) is 8.58. The van der Waals surface area contributed by atoms with Gasteiger partial charge in [0.1, 0.15) is 5.82 Å². The molecule has 2 heterocycles. The van der Waals surface area contributed by atoms with Crippen LogP contribution in [0.25, 0.3) is 0 Å². The highest BCUT2D eigenvalue weighted by Gasteiger charge is 2.24. The predicted molar refractivity (Wildman–Crippen MR) is 69.0 cm³/mol. The minimum atomic E-state index is -0.511. The SMILES string of the molecule is C[C@@H](O)c1ccnc(N2CCCC(C(N)=O)C2)c1. The molecular formula is C13H19N3O2. The van der Waals surface area contributed by atoms with E-state index in [4.69, 9.17) is 5.73 Å². The molecule has 0 aliphatic carbocycles. The fourth-order valence-corrected chi connectivity index (χ4v) is 2.28. The number of anilines is 1. The van der Waals surface area contributed by atoms with Crippen molar-refractivity contribution < 1.29 is 9.90 Å². The smallest absolute Gasteiger partial charge is 0.222 e. The third-order valence-electron chi connectivity index (χ3n) is 3.40. The van der Waals surface area contributed by atoms with Crippen LogP contribution >= 0.6 is 0 Å². The molecule has 1 saturated heterocycles. The normalized spacial score (nSPS) is 21.7. The second-order valence-electron chi connectivity index (χ2n) is 4.81. The highest BCUT2D eigenvalue weighted by Crippen LogP contribution is 2.23. The summed E-state index contributed by atoms with van der Waals surface area (Å²) >= 11 is 0. The number of carbonyl (C=O) groups excluding carboxylic acids is 1. The summed E-state index contributed by atoms with van der Waals surface area (Å²) in [6, 6.07) is 3.66. The van der Waals surface area contributed by atoms with E-state index in [9.17, 15) is 9.90 Å². The molecule has 1 fully saturated rings. The molecule has 0 spiro atoms. The van der Waals surface area contributed by atoms with Gasteiger partial charge in [-0.3, -0.25) is 4.79 Å². The summed E-state index contributed by atoms with van der Waals surface area (Å²) in [5, 5.41) is 9.57. The molecule has 3 N–H and O–H groups in total. The minimum absolute atomic E-state index is 0.101. The lowest BCUT2D eigenvalue weighted by Crippen LogP contribution is -2.41. The summed E-state index contributed by atoms with van der Waals surface area (Å²) in [5.74, 6) is 0.460. The molecule has 1 aromatic rings. The second kappa shape index (κ2) is 5.35. The van der Waals surface area contributed by atoms with Crippen molar-refractivity contribution >= 4 is 11.7 Å². The fraction of sp³-hybridized carbons (Fsp3) is 0.538. The van der Waals surface area contributed by atoms with Gasteiger partial charge in [0, 0.05) is 19.3 Å². The number of hydrogen-bond donors (Lipinski definition) is 2. The molecule has 5 heteroatoms. The predicted octanol–water partition coefficient (Wildman–Crippen LogP) is 0.837. The molecule has 0 radical (unpaired) electrons. The number of carbonyl (C=O) groups is 1. The van der Waals surface area contributed by atoms with Crippen LogP contribution in [0.4, 0.5) is 5.82 Å². The van der Waals surface area contributed by atoms with Crippen LogP contribution in [-0.2, 0) is 4.79 Å². The van der Waals surface area contributed by atoms with Crippen molar-refractivity contribution in [3.05, 3.63) is 23.9 Å². The zero-order valence-electron chi connectivity index (χ0n) is 10.5. The summed E-state index contributed by atoms with van der Waals surface area (Å²) < 4.78 is 0. The molecule has 18 heavy (non-hydrogen) atoms. The summed E-state index contributed by atoms with van der Waals surface area (Å²) in [5.41, 5.74) is 6.19. The number of aliphatic hydroxyl groups excluding tert-OH is 1. The quantitative estimate of drug-likeness (QED) is 0.831. The third kappa shape index (κ3) is 2.79. The molecular weight excluding hydrogens is 230 g/mol. The summed E-state index contributed by atoms with van der Waals surface area (Å²) in [7, 11) is 0. The molecule has 2 atom stereocenters. The maximum Gasteiger partial charge on any atom is 0.222 e. The Kier molecular flexibility index (Phi) is 3.81. The number of primary amides is 1. The molecule has 1 aliphatic heterocycles. The first-order valence-electron chi connectivity index (χ1n) is 6.26. The van der Waals surface area contributed by atoms with Gasteiger partial charge in [-0.1, -0.05) is 0 Å². The monoisotopic (exact) mass is 249 g/mol. The van der Waals surface area contributed by atoms with E-state index in [1.165, 1.54) is 0 Å². The van der Waals surface area contributed by atoms with Crippen molar-refractivity contribution in [2.75, 3.05) is 18.0 Å². The largest absolute Gasteiger partial charge is 0.389 e. The van der Waals surface area contributed by atoms with Crippen LogP contribution in [0.2, 0.25) is 0 Å². The number of piperidine rings is 1. The van der Waals surface area contributed by atoms with E-state index < -0.39 is 6.10 Å². The number of nitrogens with zero attached hydrogens (tertiary/aromatic N) is 2. The number of aliphatic hydroxyl groups is 1. The highest BCUT2D eigenvalue weighted by atomic mass is 16.3. The van der Waals surface area contributed by atoms with Crippen LogP contribution in [-0.4, -0.2) is 29.1 Å². The van der Waals surface area contributed by atoms with Crippen molar-refractivity contribution in [1.82, 2.24) is 4.98 Å². The maximum absolute atomic E-state index is 11.2. The molecule has 2 rings (SSSR count). The fourth-order valence-electron chi connectivity index (χ4n) is 2.28. The van der Waals surface area contributed by atoms with Crippen LogP contribution in [0.5, 0.6) is 0 Å². The molecule has 1 aromatic heterocycles. The summed E-state index contributed by atoms with van der Waals surface area (Å²) in [6.45, 7) is 3.22. The van der Waals surface area contributed by atoms with E-state index in [2.05, 4.69) is 9.88 Å². The number of nitrogens with two attached hydrogens (primary N) is 1. The first-order valence-corrected chi connectivity index (χ1v) is 6.26. The molecule has 0 bridgehead atoms. The van der Waals surface area contributed by atoms with Gasteiger partial charge in [0.2, 0.25) is 5.91 Å². The number of amides is 1. The topological polar surface area (TPSA) is 79.5 Å². The number of rotatable bonds is 3. The number of pyridine rings is 1. The molecule has 1 amide bonds. The van der Waals surface area contributed by atoms with Crippen molar-refractivity contribution in [2.24, 2.45) is 11.7 Å². The zero-order valence-corrected chi connectivity index (χ0v) is 10.5. The van der Waals surface area contributed by atoms with Gasteiger partial charge in [0.15, 0.2) is 0 Å². The molecule has 0 saturated carbocycles. The Labute approximate surface area is 107 Å². The Morgan fingerprint density at radius 1 is 1.67 bits per heavy atom. The van der Waals surface area contributed by atoms with Gasteiger partial charge < -0.3 is 15.7 Å². The third-order valence-corrected chi connectivity index (χ3v) is 3.40. The molecule has 98 valence electrons. The van der Waals surface area contributed by atoms with Crippen LogP contribution in [0.1, 0.15) is 31.4 Å². The van der Waals surface area contributed by atoms with Gasteiger partial charge in [-0.25, -0.2) is 4.98 Å². The number of hydrogen-bond acceptors (Lipinski definition) is 4. The minimum Gasteiger partial charge on any atom is -0.389 e. The maximum atomic E-state index is 11.2. The standard InChI is InChI=1S/C13H19N3O2/c1-9(17)10-4-5-15-12(7-10)16-6-2-3-11(8-16)13(14)18/h4-5,7,9,11,17H,2-3,6,8H2,1H3,(H2,14,18)/t9-,11?/m1/s1. The van der Waals surface area contributed by atoms with Crippen LogP contribution in [0.3, 0.4) is 0 Å². The van der Waals surface area contributed by atoms with E-state index in [1.807, 2.05) is 6.07 Å². The first kappa shape index (κ1) is 12.8. The summed E-state index contributed by atoms with van der Waals surface area (Å²) in [6.07, 6.45) is 2.96. The van der Waals surface area contributed by atoms with Gasteiger partial charge in [-0.15, -0.1) is 0 Å². The lowest BCUT2D eigenvalue weighted by atomic mass is 9.97. The van der Waals surface area contributed by atoms with Gasteiger partial charge >= 0.3 is 0 Å². The second-order valence-corrected chi connectivity index (χ2v) is 4.81.